The van der Waals surface area contributed by atoms with Gasteiger partial charge in [-0.15, -0.1) is 0 Å². The van der Waals surface area contributed by atoms with Crippen molar-refractivity contribution in [3.05, 3.63) is 0 Å². The van der Waals surface area contributed by atoms with Gasteiger partial charge in [-0.1, -0.05) is 0 Å². The zero-order valence-corrected chi connectivity index (χ0v) is 13.0. The van der Waals surface area contributed by atoms with Crippen LogP contribution in [0, 0.1) is 0 Å². The molecule has 10 atom stereocenters. The van der Waals surface area contributed by atoms with Crippen molar-refractivity contribution in [1.29, 1.82) is 0 Å². The van der Waals surface area contributed by atoms with E-state index in [1.165, 1.54) is 7.11 Å². The van der Waals surface area contributed by atoms with Crippen molar-refractivity contribution in [3.63, 3.8) is 0 Å². The minimum absolute atomic E-state index is 0.592. The van der Waals surface area contributed by atoms with Crippen LogP contribution in [0.2, 0.25) is 0 Å². The Bertz CT molecular complexity index is 392. The minimum atomic E-state index is -1.69. The van der Waals surface area contributed by atoms with Gasteiger partial charge in [0.05, 0.1) is 13.2 Å². The van der Waals surface area contributed by atoms with Gasteiger partial charge in [0, 0.05) is 7.11 Å². The summed E-state index contributed by atoms with van der Waals surface area (Å²) in [7, 11) is 1.24. The van der Waals surface area contributed by atoms with E-state index in [-0.39, 0.29) is 0 Å². The standard InChI is InChI=1S/C13H24O11/c1-21-12-10(20)8(18)11(5(3-15)23-12)24-13-9(19)7(17)6(16)4(2-14)22-13/h4-20H,2-3H2,1H3/t4-,5-,6-,7+,8-,9-,10-,11-,12+,13+/m1/s1. The van der Waals surface area contributed by atoms with Crippen LogP contribution in [-0.2, 0) is 18.9 Å². The fourth-order valence-electron chi connectivity index (χ4n) is 2.75. The van der Waals surface area contributed by atoms with Crippen molar-refractivity contribution in [1.82, 2.24) is 0 Å². The number of aliphatic hydroxyl groups excluding tert-OH is 7. The highest BCUT2D eigenvalue weighted by Crippen LogP contribution is 2.29. The zero-order chi connectivity index (χ0) is 18.0. The lowest BCUT2D eigenvalue weighted by Gasteiger charge is -2.45. The maximum atomic E-state index is 10.2. The van der Waals surface area contributed by atoms with Crippen molar-refractivity contribution in [2.45, 2.75) is 61.4 Å². The fraction of sp³-hybridized carbons (Fsp3) is 1.00. The average molecular weight is 356 g/mol. The van der Waals surface area contributed by atoms with Gasteiger partial charge in [0.1, 0.15) is 48.8 Å². The molecular formula is C13H24O11. The lowest BCUT2D eigenvalue weighted by molar-refractivity contribution is -0.357. The number of hydrogen-bond donors (Lipinski definition) is 7. The van der Waals surface area contributed by atoms with Crippen LogP contribution in [0.15, 0.2) is 0 Å². The molecule has 0 aromatic carbocycles. The van der Waals surface area contributed by atoms with Crippen LogP contribution in [0.1, 0.15) is 0 Å². The van der Waals surface area contributed by atoms with Crippen LogP contribution in [-0.4, -0.2) is 117 Å². The Kier molecular flexibility index (Phi) is 6.87. The number of ether oxygens (including phenoxy) is 4. The molecule has 0 aliphatic carbocycles. The van der Waals surface area contributed by atoms with Crippen LogP contribution in [0.3, 0.4) is 0 Å². The second kappa shape index (κ2) is 8.29. The highest BCUT2D eigenvalue weighted by Gasteiger charge is 2.50. The van der Waals surface area contributed by atoms with E-state index >= 15 is 0 Å². The first-order valence-electron chi connectivity index (χ1n) is 7.46. The van der Waals surface area contributed by atoms with Gasteiger partial charge in [0.15, 0.2) is 12.6 Å². The summed E-state index contributed by atoms with van der Waals surface area (Å²) in [4.78, 5) is 0. The molecule has 0 saturated carbocycles. The summed E-state index contributed by atoms with van der Waals surface area (Å²) in [5.41, 5.74) is 0. The minimum Gasteiger partial charge on any atom is -0.394 e. The first kappa shape index (κ1) is 19.9. The molecule has 0 bridgehead atoms. The molecule has 142 valence electrons. The third-order valence-corrected chi connectivity index (χ3v) is 4.19. The summed E-state index contributed by atoms with van der Waals surface area (Å²) in [5.74, 6) is 0. The Morgan fingerprint density at radius 3 is 1.79 bits per heavy atom. The summed E-state index contributed by atoms with van der Waals surface area (Å²) < 4.78 is 20.6. The van der Waals surface area contributed by atoms with Crippen LogP contribution >= 0.6 is 0 Å². The SMILES string of the molecule is CO[C@H]1O[C@H](CO)[C@@H](O[C@@H]2O[C@H](CO)[C@@H](O)[C@H](O)[C@H]2O)[C@H](O)[C@H]1O. The Morgan fingerprint density at radius 1 is 0.708 bits per heavy atom. The Balaban J connectivity index is 2.12. The third-order valence-electron chi connectivity index (χ3n) is 4.19. The summed E-state index contributed by atoms with van der Waals surface area (Å²) in [5, 5.41) is 68.0. The predicted octanol–water partition coefficient (Wildman–Crippen LogP) is -4.74. The maximum Gasteiger partial charge on any atom is 0.187 e. The van der Waals surface area contributed by atoms with Gasteiger partial charge in [-0.25, -0.2) is 0 Å². The molecule has 2 heterocycles. The molecule has 2 saturated heterocycles. The van der Waals surface area contributed by atoms with Crippen molar-refractivity contribution in [2.75, 3.05) is 20.3 Å². The van der Waals surface area contributed by atoms with E-state index in [1.807, 2.05) is 0 Å². The normalized spacial score (nSPS) is 50.0. The van der Waals surface area contributed by atoms with Gasteiger partial charge >= 0.3 is 0 Å². The molecule has 11 heteroatoms. The van der Waals surface area contributed by atoms with Crippen LogP contribution in [0.25, 0.3) is 0 Å². The molecule has 0 spiro atoms. The van der Waals surface area contributed by atoms with Crippen LogP contribution in [0.5, 0.6) is 0 Å². The van der Waals surface area contributed by atoms with E-state index in [2.05, 4.69) is 0 Å². The first-order valence-corrected chi connectivity index (χ1v) is 7.46. The topological polar surface area (TPSA) is 179 Å². The van der Waals surface area contributed by atoms with Crippen LogP contribution in [0.4, 0.5) is 0 Å². The molecule has 0 aromatic heterocycles. The molecule has 2 aliphatic rings. The third kappa shape index (κ3) is 3.71. The van der Waals surface area contributed by atoms with E-state index in [4.69, 9.17) is 24.1 Å². The van der Waals surface area contributed by atoms with Crippen molar-refractivity contribution >= 4 is 0 Å². The van der Waals surface area contributed by atoms with Gasteiger partial charge in [0.2, 0.25) is 0 Å². The Labute approximate surface area is 137 Å². The van der Waals surface area contributed by atoms with E-state index in [9.17, 15) is 30.6 Å². The number of aliphatic hydroxyl groups is 7. The monoisotopic (exact) mass is 356 g/mol. The van der Waals surface area contributed by atoms with Gasteiger partial charge in [0.25, 0.3) is 0 Å². The van der Waals surface area contributed by atoms with Gasteiger partial charge in [-0.2, -0.15) is 0 Å². The van der Waals surface area contributed by atoms with Crippen molar-refractivity contribution in [2.24, 2.45) is 0 Å². The smallest absolute Gasteiger partial charge is 0.187 e. The van der Waals surface area contributed by atoms with Crippen molar-refractivity contribution in [3.8, 4) is 0 Å². The molecule has 7 N–H and O–H groups in total. The number of hydrogen-bond acceptors (Lipinski definition) is 11. The summed E-state index contributed by atoms with van der Waals surface area (Å²) in [6.45, 7) is -1.24. The molecule has 0 unspecified atom stereocenters. The molecule has 0 aromatic rings. The molecule has 2 rings (SSSR count). The molecule has 11 nitrogen and oxygen atoms in total. The number of rotatable bonds is 5. The Morgan fingerprint density at radius 2 is 1.25 bits per heavy atom. The fourth-order valence-corrected chi connectivity index (χ4v) is 2.75. The summed E-state index contributed by atoms with van der Waals surface area (Å²) in [6, 6.07) is 0. The van der Waals surface area contributed by atoms with E-state index in [0.717, 1.165) is 0 Å². The highest BCUT2D eigenvalue weighted by atomic mass is 16.7. The predicted molar refractivity (Wildman–Crippen MR) is 73.4 cm³/mol. The second-order valence-corrected chi connectivity index (χ2v) is 5.74. The van der Waals surface area contributed by atoms with E-state index in [1.54, 1.807) is 0 Å². The quantitative estimate of drug-likeness (QED) is 0.251. The van der Waals surface area contributed by atoms with E-state index in [0.29, 0.717) is 0 Å². The lowest BCUT2D eigenvalue weighted by atomic mass is 9.97. The van der Waals surface area contributed by atoms with Crippen molar-refractivity contribution < 1.29 is 54.7 Å². The molecule has 24 heavy (non-hydrogen) atoms. The summed E-state index contributed by atoms with van der Waals surface area (Å²) >= 11 is 0. The first-order chi connectivity index (χ1) is 11.3. The lowest BCUT2D eigenvalue weighted by Crippen LogP contribution is -2.64. The molecule has 0 radical (unpaired) electrons. The second-order valence-electron chi connectivity index (χ2n) is 5.74. The summed E-state index contributed by atoms with van der Waals surface area (Å²) in [6.07, 6.45) is -14.3. The van der Waals surface area contributed by atoms with Gasteiger partial charge in [-0.3, -0.25) is 0 Å². The molecule has 2 aliphatic heterocycles. The van der Waals surface area contributed by atoms with Gasteiger partial charge < -0.3 is 54.7 Å². The molecular weight excluding hydrogens is 332 g/mol. The maximum absolute atomic E-state index is 10.2. The highest BCUT2D eigenvalue weighted by molar-refractivity contribution is 4.93. The van der Waals surface area contributed by atoms with E-state index < -0.39 is 74.6 Å². The Hall–Kier alpha value is -0.440. The molecule has 2 fully saturated rings. The van der Waals surface area contributed by atoms with Crippen LogP contribution < -0.4 is 0 Å². The average Bonchev–Trinajstić information content (AvgIpc) is 2.59. The molecule has 0 amide bonds. The van der Waals surface area contributed by atoms with Gasteiger partial charge in [-0.05, 0) is 0 Å². The number of methoxy groups -OCH3 is 1. The zero-order valence-electron chi connectivity index (χ0n) is 13.0. The largest absolute Gasteiger partial charge is 0.394 e.